The normalized spacial score (nSPS) is 12.0. The van der Waals surface area contributed by atoms with Crippen molar-refractivity contribution >= 4 is 32.5 Å². The molecule has 0 aliphatic rings. The van der Waals surface area contributed by atoms with Gasteiger partial charge in [-0.1, -0.05) is 11.2 Å². The summed E-state index contributed by atoms with van der Waals surface area (Å²) >= 11 is 1.49. The average Bonchev–Trinajstić information content (AvgIpc) is 3.33. The van der Waals surface area contributed by atoms with Crippen LogP contribution in [-0.2, 0) is 16.4 Å². The highest BCUT2D eigenvalue weighted by Gasteiger charge is 2.16. The van der Waals surface area contributed by atoms with Crippen molar-refractivity contribution in [1.82, 2.24) is 19.8 Å². The Morgan fingerprint density at radius 2 is 2.15 bits per heavy atom. The van der Waals surface area contributed by atoms with Crippen molar-refractivity contribution in [3.63, 3.8) is 0 Å². The first-order chi connectivity index (χ1) is 12.5. The first-order valence-corrected chi connectivity index (χ1v) is 9.86. The van der Waals surface area contributed by atoms with Crippen LogP contribution in [0.4, 0.5) is 0 Å². The minimum atomic E-state index is -3.76. The molecule has 4 rings (SSSR count). The summed E-state index contributed by atoms with van der Waals surface area (Å²) in [5.74, 6) is 0.175. The summed E-state index contributed by atoms with van der Waals surface area (Å²) in [5, 5.41) is 5.78. The molecular formula is C15H12N4O5S2. The zero-order chi connectivity index (χ0) is 18.1. The quantitative estimate of drug-likeness (QED) is 0.511. The highest BCUT2D eigenvalue weighted by atomic mass is 32.2. The standard InChI is InChI=1S/C15H12N4O5S2/c20-15-17-10-4-3-9(8-11(10)23-15)26(21,22)16-6-5-13-18-14(19-24-13)12-2-1-7-25-12/h1-4,7-8,16H,5-6H2,(H,17,20). The van der Waals surface area contributed by atoms with Gasteiger partial charge in [-0.15, -0.1) is 11.3 Å². The maximum Gasteiger partial charge on any atom is 0.417 e. The van der Waals surface area contributed by atoms with Crippen molar-refractivity contribution in [1.29, 1.82) is 0 Å². The summed E-state index contributed by atoms with van der Waals surface area (Å²) in [4.78, 5) is 18.7. The molecule has 0 unspecified atom stereocenters. The summed E-state index contributed by atoms with van der Waals surface area (Å²) in [7, 11) is -3.76. The summed E-state index contributed by atoms with van der Waals surface area (Å²) in [5.41, 5.74) is 0.608. The molecule has 0 bridgehead atoms. The Morgan fingerprint density at radius 1 is 1.27 bits per heavy atom. The van der Waals surface area contributed by atoms with Crippen LogP contribution in [0.25, 0.3) is 21.8 Å². The molecule has 3 aromatic heterocycles. The second kappa shape index (κ2) is 6.52. The van der Waals surface area contributed by atoms with Gasteiger partial charge in [0, 0.05) is 19.0 Å². The van der Waals surface area contributed by atoms with E-state index in [4.69, 9.17) is 8.94 Å². The van der Waals surface area contributed by atoms with Gasteiger partial charge in [0.25, 0.3) is 0 Å². The Kier molecular flexibility index (Phi) is 4.18. The Morgan fingerprint density at radius 3 is 2.96 bits per heavy atom. The summed E-state index contributed by atoms with van der Waals surface area (Å²) in [6.45, 7) is 0.0868. The number of thiophene rings is 1. The number of aromatic nitrogens is 3. The number of H-pyrrole nitrogens is 1. The molecule has 11 heteroatoms. The molecule has 9 nitrogen and oxygen atoms in total. The lowest BCUT2D eigenvalue weighted by Gasteiger charge is -2.05. The second-order valence-electron chi connectivity index (χ2n) is 5.31. The minimum absolute atomic E-state index is 0.00227. The number of hydrogen-bond acceptors (Lipinski definition) is 8. The van der Waals surface area contributed by atoms with Gasteiger partial charge in [-0.05, 0) is 23.6 Å². The Balaban J connectivity index is 1.43. The van der Waals surface area contributed by atoms with Crippen molar-refractivity contribution in [2.45, 2.75) is 11.3 Å². The minimum Gasteiger partial charge on any atom is -0.408 e. The number of hydrogen-bond donors (Lipinski definition) is 2. The fraction of sp³-hybridized carbons (Fsp3) is 0.133. The molecule has 1 aromatic carbocycles. The molecule has 2 N–H and O–H groups in total. The van der Waals surface area contributed by atoms with Crippen LogP contribution in [-0.4, -0.2) is 30.1 Å². The monoisotopic (exact) mass is 392 g/mol. The smallest absolute Gasteiger partial charge is 0.408 e. The molecule has 0 saturated carbocycles. The predicted octanol–water partition coefficient (Wildman–Crippen LogP) is 1.75. The highest BCUT2D eigenvalue weighted by molar-refractivity contribution is 7.89. The van der Waals surface area contributed by atoms with Gasteiger partial charge in [0.15, 0.2) is 5.58 Å². The van der Waals surface area contributed by atoms with E-state index in [2.05, 4.69) is 19.8 Å². The van der Waals surface area contributed by atoms with Gasteiger partial charge in [0.05, 0.1) is 15.3 Å². The van der Waals surface area contributed by atoms with Crippen molar-refractivity contribution < 1.29 is 17.4 Å². The van der Waals surface area contributed by atoms with Crippen LogP contribution in [0.1, 0.15) is 5.89 Å². The van der Waals surface area contributed by atoms with Crippen molar-refractivity contribution in [2.24, 2.45) is 0 Å². The SMILES string of the molecule is O=c1[nH]c2ccc(S(=O)(=O)NCCc3nc(-c4cccs4)no3)cc2o1. The maximum atomic E-state index is 12.4. The van der Waals surface area contributed by atoms with E-state index in [0.717, 1.165) is 4.88 Å². The third kappa shape index (κ3) is 3.31. The molecule has 0 atom stereocenters. The lowest BCUT2D eigenvalue weighted by Crippen LogP contribution is -2.26. The Bertz CT molecular complexity index is 1200. The predicted molar refractivity (Wildman–Crippen MR) is 93.3 cm³/mol. The van der Waals surface area contributed by atoms with Gasteiger partial charge in [-0.2, -0.15) is 4.98 Å². The first kappa shape index (κ1) is 16.7. The topological polar surface area (TPSA) is 131 Å². The van der Waals surface area contributed by atoms with E-state index in [1.54, 1.807) is 0 Å². The van der Waals surface area contributed by atoms with Gasteiger partial charge in [-0.25, -0.2) is 17.9 Å². The highest BCUT2D eigenvalue weighted by Crippen LogP contribution is 2.21. The molecule has 0 aliphatic carbocycles. The molecule has 134 valence electrons. The van der Waals surface area contributed by atoms with Crippen LogP contribution < -0.4 is 10.5 Å². The lowest BCUT2D eigenvalue weighted by molar-refractivity contribution is 0.379. The molecule has 0 spiro atoms. The Labute approximate surface area is 150 Å². The van der Waals surface area contributed by atoms with Crippen molar-refractivity contribution in [2.75, 3.05) is 6.54 Å². The van der Waals surface area contributed by atoms with Gasteiger partial charge >= 0.3 is 5.76 Å². The van der Waals surface area contributed by atoms with E-state index in [-0.39, 0.29) is 23.4 Å². The number of nitrogens with one attached hydrogen (secondary N) is 2. The fourth-order valence-electron chi connectivity index (χ4n) is 2.33. The molecule has 0 amide bonds. The zero-order valence-electron chi connectivity index (χ0n) is 13.1. The summed E-state index contributed by atoms with van der Waals surface area (Å²) < 4.78 is 37.2. The molecule has 4 aromatic rings. The summed E-state index contributed by atoms with van der Waals surface area (Å²) in [6.07, 6.45) is 0.249. The van der Waals surface area contributed by atoms with Crippen LogP contribution in [0.2, 0.25) is 0 Å². The van der Waals surface area contributed by atoms with Gasteiger partial charge in [0.2, 0.25) is 21.7 Å². The van der Waals surface area contributed by atoms with E-state index >= 15 is 0 Å². The van der Waals surface area contributed by atoms with E-state index in [1.807, 2.05) is 17.5 Å². The molecule has 0 saturated heterocycles. The molecule has 0 aliphatic heterocycles. The fourth-order valence-corrected chi connectivity index (χ4v) is 4.03. The van der Waals surface area contributed by atoms with Crippen LogP contribution in [0, 0.1) is 0 Å². The number of fused-ring (bicyclic) bond motifs is 1. The molecule has 0 radical (unpaired) electrons. The number of aromatic amines is 1. The second-order valence-corrected chi connectivity index (χ2v) is 8.02. The Hall–Kier alpha value is -2.76. The number of rotatable bonds is 6. The lowest BCUT2D eigenvalue weighted by atomic mass is 10.3. The molecule has 0 fully saturated rings. The first-order valence-electron chi connectivity index (χ1n) is 7.50. The third-order valence-corrected chi connectivity index (χ3v) is 5.87. The van der Waals surface area contributed by atoms with E-state index < -0.39 is 15.8 Å². The number of sulfonamides is 1. The van der Waals surface area contributed by atoms with Crippen molar-refractivity contribution in [3.05, 3.63) is 52.2 Å². The van der Waals surface area contributed by atoms with E-state index in [1.165, 1.54) is 29.5 Å². The third-order valence-electron chi connectivity index (χ3n) is 3.54. The molecular weight excluding hydrogens is 380 g/mol. The van der Waals surface area contributed by atoms with Crippen LogP contribution >= 0.6 is 11.3 Å². The maximum absolute atomic E-state index is 12.4. The van der Waals surface area contributed by atoms with Crippen LogP contribution in [0.15, 0.2) is 54.3 Å². The van der Waals surface area contributed by atoms with Gasteiger partial charge < -0.3 is 8.94 Å². The zero-order valence-corrected chi connectivity index (χ0v) is 14.8. The van der Waals surface area contributed by atoms with Gasteiger partial charge in [0.1, 0.15) is 0 Å². The van der Waals surface area contributed by atoms with Gasteiger partial charge in [-0.3, -0.25) is 4.98 Å². The summed E-state index contributed by atoms with van der Waals surface area (Å²) in [6, 6.07) is 7.90. The number of nitrogens with zero attached hydrogens (tertiary/aromatic N) is 2. The van der Waals surface area contributed by atoms with E-state index in [0.29, 0.717) is 17.2 Å². The van der Waals surface area contributed by atoms with E-state index in [9.17, 15) is 13.2 Å². The number of oxazole rings is 1. The molecule has 3 heterocycles. The largest absolute Gasteiger partial charge is 0.417 e. The van der Waals surface area contributed by atoms with Crippen LogP contribution in [0.5, 0.6) is 0 Å². The van der Waals surface area contributed by atoms with Crippen molar-refractivity contribution in [3.8, 4) is 10.7 Å². The number of benzene rings is 1. The molecule has 26 heavy (non-hydrogen) atoms. The average molecular weight is 392 g/mol. The van der Waals surface area contributed by atoms with Crippen LogP contribution in [0.3, 0.4) is 0 Å².